The average molecular weight is 487 g/mol. The lowest BCUT2D eigenvalue weighted by atomic mass is 10.1. The number of urea groups is 1. The number of imidazole rings is 1. The van der Waals surface area contributed by atoms with Crippen molar-refractivity contribution in [1.29, 1.82) is 0 Å². The molecular weight excluding hydrogens is 456 g/mol. The van der Waals surface area contributed by atoms with E-state index in [9.17, 15) is 4.79 Å². The molecule has 0 bridgehead atoms. The van der Waals surface area contributed by atoms with Crippen molar-refractivity contribution < 1.29 is 9.53 Å². The molecular formula is C26H30N8O2. The number of hydrogen-bond acceptors (Lipinski definition) is 7. The van der Waals surface area contributed by atoms with Crippen LogP contribution in [0.3, 0.4) is 0 Å². The van der Waals surface area contributed by atoms with Gasteiger partial charge in [-0.05, 0) is 29.8 Å². The number of hydrogen-bond donors (Lipinski definition) is 1. The normalized spacial score (nSPS) is 14.2. The number of amides is 2. The zero-order valence-electron chi connectivity index (χ0n) is 20.8. The Bertz CT molecular complexity index is 1360. The molecule has 0 radical (unpaired) electrons. The zero-order chi connectivity index (χ0) is 25.1. The van der Waals surface area contributed by atoms with Crippen molar-refractivity contribution >= 4 is 17.1 Å². The van der Waals surface area contributed by atoms with Crippen molar-refractivity contribution in [2.45, 2.75) is 13.0 Å². The van der Waals surface area contributed by atoms with Crippen molar-refractivity contribution in [3.63, 3.8) is 0 Å². The van der Waals surface area contributed by atoms with Crippen LogP contribution < -0.4 is 4.74 Å². The lowest BCUT2D eigenvalue weighted by molar-refractivity contribution is 0.120. The van der Waals surface area contributed by atoms with Gasteiger partial charge in [0.25, 0.3) is 0 Å². The van der Waals surface area contributed by atoms with Crippen LogP contribution in [0, 0.1) is 0 Å². The standard InChI is InChI=1S/C26H30N8O2/c1-32(2)26(35)34-10-8-33(9-11-34)16-18-6-7-28-20(12-18)14-24-30-21-5-4-19(13-22(21)31-24)25-23(36-3)15-27-17-29-25/h4-7,12-13,15,17H,8-11,14,16H2,1-3H3,(H,30,31). The molecule has 10 nitrogen and oxygen atoms in total. The Balaban J connectivity index is 1.26. The Hall–Kier alpha value is -4.05. The van der Waals surface area contributed by atoms with Gasteiger partial charge in [0, 0.05) is 70.7 Å². The monoisotopic (exact) mass is 486 g/mol. The van der Waals surface area contributed by atoms with Gasteiger partial charge < -0.3 is 19.5 Å². The molecule has 1 fully saturated rings. The number of ether oxygens (including phenoxy) is 1. The van der Waals surface area contributed by atoms with E-state index < -0.39 is 0 Å². The highest BCUT2D eigenvalue weighted by atomic mass is 16.5. The van der Waals surface area contributed by atoms with Crippen molar-refractivity contribution in [2.24, 2.45) is 0 Å². The van der Waals surface area contributed by atoms with E-state index in [0.717, 1.165) is 66.5 Å². The third-order valence-electron chi connectivity index (χ3n) is 6.36. The van der Waals surface area contributed by atoms with Gasteiger partial charge >= 0.3 is 6.03 Å². The van der Waals surface area contributed by atoms with Gasteiger partial charge in [0.1, 0.15) is 17.8 Å². The topological polar surface area (TPSA) is 103 Å². The molecule has 10 heteroatoms. The van der Waals surface area contributed by atoms with E-state index in [1.807, 2.05) is 29.3 Å². The third kappa shape index (κ3) is 5.13. The minimum absolute atomic E-state index is 0.0787. The first-order valence-electron chi connectivity index (χ1n) is 12.0. The van der Waals surface area contributed by atoms with Gasteiger partial charge in [0.05, 0.1) is 24.3 Å². The van der Waals surface area contributed by atoms with Crippen LogP contribution in [0.2, 0.25) is 0 Å². The number of aromatic amines is 1. The number of nitrogens with zero attached hydrogens (tertiary/aromatic N) is 7. The van der Waals surface area contributed by atoms with Crippen molar-refractivity contribution in [2.75, 3.05) is 47.4 Å². The SMILES string of the molecule is COc1cncnc1-c1ccc2nc(Cc3cc(CN4CCN(C(=O)N(C)C)CC4)ccn3)[nH]c2c1. The highest BCUT2D eigenvalue weighted by Gasteiger charge is 2.22. The lowest BCUT2D eigenvalue weighted by Gasteiger charge is -2.36. The number of nitrogens with one attached hydrogen (secondary N) is 1. The molecule has 1 aliphatic heterocycles. The van der Waals surface area contributed by atoms with E-state index >= 15 is 0 Å². The molecule has 1 aromatic carbocycles. The quantitative estimate of drug-likeness (QED) is 0.447. The minimum atomic E-state index is 0.0787. The number of carbonyl (C=O) groups is 1. The number of piperazine rings is 1. The molecule has 36 heavy (non-hydrogen) atoms. The maximum Gasteiger partial charge on any atom is 0.319 e. The lowest BCUT2D eigenvalue weighted by Crippen LogP contribution is -2.51. The van der Waals surface area contributed by atoms with Crippen LogP contribution in [0.25, 0.3) is 22.3 Å². The highest BCUT2D eigenvalue weighted by molar-refractivity contribution is 5.82. The molecule has 3 aromatic heterocycles. The maximum atomic E-state index is 12.2. The summed E-state index contributed by atoms with van der Waals surface area (Å²) in [5.41, 5.74) is 5.68. The number of rotatable bonds is 6. The minimum Gasteiger partial charge on any atom is -0.493 e. The second-order valence-corrected chi connectivity index (χ2v) is 9.13. The van der Waals surface area contributed by atoms with Gasteiger partial charge in [-0.2, -0.15) is 0 Å². The molecule has 0 atom stereocenters. The molecule has 0 aliphatic carbocycles. The summed E-state index contributed by atoms with van der Waals surface area (Å²) in [7, 11) is 5.20. The number of carbonyl (C=O) groups excluding carboxylic acids is 1. The van der Waals surface area contributed by atoms with E-state index in [1.165, 1.54) is 11.9 Å². The number of aromatic nitrogens is 5. The van der Waals surface area contributed by atoms with Gasteiger partial charge in [-0.15, -0.1) is 0 Å². The second-order valence-electron chi connectivity index (χ2n) is 9.13. The smallest absolute Gasteiger partial charge is 0.319 e. The Morgan fingerprint density at radius 2 is 1.94 bits per heavy atom. The first kappa shape index (κ1) is 23.7. The highest BCUT2D eigenvalue weighted by Crippen LogP contribution is 2.28. The molecule has 4 aromatic rings. The Morgan fingerprint density at radius 1 is 1.11 bits per heavy atom. The van der Waals surface area contributed by atoms with Crippen LogP contribution in [0.1, 0.15) is 17.1 Å². The average Bonchev–Trinajstić information content (AvgIpc) is 3.30. The van der Waals surface area contributed by atoms with Crippen molar-refractivity contribution in [3.05, 3.63) is 66.1 Å². The summed E-state index contributed by atoms with van der Waals surface area (Å²) in [5, 5.41) is 0. The van der Waals surface area contributed by atoms with E-state index in [1.54, 1.807) is 32.3 Å². The van der Waals surface area contributed by atoms with Crippen LogP contribution in [-0.2, 0) is 13.0 Å². The summed E-state index contributed by atoms with van der Waals surface area (Å²) in [6.07, 6.45) is 5.65. The summed E-state index contributed by atoms with van der Waals surface area (Å²) in [4.78, 5) is 39.3. The molecule has 4 heterocycles. The van der Waals surface area contributed by atoms with Crippen LogP contribution >= 0.6 is 0 Å². The summed E-state index contributed by atoms with van der Waals surface area (Å²) in [6, 6.07) is 10.3. The van der Waals surface area contributed by atoms with Gasteiger partial charge in [-0.25, -0.2) is 19.7 Å². The summed E-state index contributed by atoms with van der Waals surface area (Å²) < 4.78 is 5.40. The largest absolute Gasteiger partial charge is 0.493 e. The molecule has 0 saturated carbocycles. The molecule has 0 unspecified atom stereocenters. The van der Waals surface area contributed by atoms with E-state index in [4.69, 9.17) is 9.72 Å². The van der Waals surface area contributed by atoms with Gasteiger partial charge in [0.15, 0.2) is 5.75 Å². The fourth-order valence-corrected chi connectivity index (χ4v) is 4.51. The fourth-order valence-electron chi connectivity index (χ4n) is 4.51. The summed E-state index contributed by atoms with van der Waals surface area (Å²) in [6.45, 7) is 4.05. The number of benzene rings is 1. The van der Waals surface area contributed by atoms with Gasteiger partial charge in [0.2, 0.25) is 0 Å². The fraction of sp³-hybridized carbons (Fsp3) is 0.346. The Labute approximate surface area is 210 Å². The molecule has 1 saturated heterocycles. The predicted molar refractivity (Wildman–Crippen MR) is 137 cm³/mol. The van der Waals surface area contributed by atoms with E-state index in [2.05, 4.69) is 37.0 Å². The molecule has 1 N–H and O–H groups in total. The van der Waals surface area contributed by atoms with Gasteiger partial charge in [-0.3, -0.25) is 9.88 Å². The van der Waals surface area contributed by atoms with Crippen LogP contribution in [0.15, 0.2) is 49.1 Å². The van der Waals surface area contributed by atoms with E-state index in [0.29, 0.717) is 12.2 Å². The number of pyridine rings is 1. The number of fused-ring (bicyclic) bond motifs is 1. The maximum absolute atomic E-state index is 12.2. The zero-order valence-corrected chi connectivity index (χ0v) is 20.8. The summed E-state index contributed by atoms with van der Waals surface area (Å²) in [5.74, 6) is 1.49. The first-order valence-corrected chi connectivity index (χ1v) is 12.0. The van der Waals surface area contributed by atoms with Crippen LogP contribution in [0.4, 0.5) is 4.79 Å². The number of methoxy groups -OCH3 is 1. The van der Waals surface area contributed by atoms with Crippen LogP contribution in [0.5, 0.6) is 5.75 Å². The molecule has 5 rings (SSSR count). The third-order valence-corrected chi connectivity index (χ3v) is 6.36. The molecule has 0 spiro atoms. The van der Waals surface area contributed by atoms with Crippen molar-refractivity contribution in [1.82, 2.24) is 39.6 Å². The molecule has 186 valence electrons. The Morgan fingerprint density at radius 3 is 2.72 bits per heavy atom. The molecule has 1 aliphatic rings. The van der Waals surface area contributed by atoms with E-state index in [-0.39, 0.29) is 6.03 Å². The summed E-state index contributed by atoms with van der Waals surface area (Å²) >= 11 is 0. The van der Waals surface area contributed by atoms with Gasteiger partial charge in [-0.1, -0.05) is 6.07 Å². The Kier molecular flexibility index (Phi) is 6.77. The van der Waals surface area contributed by atoms with Crippen molar-refractivity contribution in [3.8, 4) is 17.0 Å². The number of H-pyrrole nitrogens is 1. The molecule has 2 amide bonds. The second kappa shape index (κ2) is 10.3. The predicted octanol–water partition coefficient (Wildman–Crippen LogP) is 2.81. The van der Waals surface area contributed by atoms with Crippen LogP contribution in [-0.4, -0.2) is 93.0 Å². The first-order chi connectivity index (χ1) is 17.5.